The number of nitrogens with one attached hydrogen (secondary N) is 7. The number of aromatic hydroxyl groups is 4. The maximum Gasteiger partial charge on any atom is 0.410 e. The average molecular weight is 1850 g/mol. The van der Waals surface area contributed by atoms with Crippen molar-refractivity contribution >= 4 is 82.6 Å². The number of esters is 1. The van der Waals surface area contributed by atoms with Crippen LogP contribution in [0.15, 0.2) is 115 Å². The van der Waals surface area contributed by atoms with E-state index in [4.69, 9.17) is 65.8 Å². The van der Waals surface area contributed by atoms with Gasteiger partial charge < -0.3 is 141 Å². The van der Waals surface area contributed by atoms with Gasteiger partial charge in [0.05, 0.1) is 23.8 Å². The first kappa shape index (κ1) is 95.1. The molecule has 7 aromatic rings. The number of aliphatic carboxylic acids is 1. The van der Waals surface area contributed by atoms with E-state index in [1.807, 2.05) is 0 Å². The number of amides is 8. The lowest BCUT2D eigenvalue weighted by Crippen LogP contribution is -2.66. The lowest BCUT2D eigenvalue weighted by Gasteiger charge is -2.41. The number of hydrogen-bond acceptors (Lipinski definition) is 30. The smallest absolute Gasteiger partial charge is 0.410 e. The van der Waals surface area contributed by atoms with Crippen LogP contribution in [-0.4, -0.2) is 225 Å². The summed E-state index contributed by atoms with van der Waals surface area (Å²) in [6.07, 6.45) is -17.2. The second-order valence-corrected chi connectivity index (χ2v) is 34.3. The van der Waals surface area contributed by atoms with Crippen LogP contribution < -0.4 is 60.9 Å². The first-order chi connectivity index (χ1) is 61.7. The van der Waals surface area contributed by atoms with Gasteiger partial charge in [-0.1, -0.05) is 106 Å². The third-order valence-electron chi connectivity index (χ3n) is 22.6. The minimum Gasteiger partial charge on any atom is -0.508 e. The molecule has 2 fully saturated rings. The largest absolute Gasteiger partial charge is 0.508 e. The molecule has 0 radical (unpaired) electrons. The number of phenolic OH excluding ortho intramolecular Hbond substituents is 4. The van der Waals surface area contributed by atoms with Crippen LogP contribution in [0.4, 0.5) is 4.79 Å². The van der Waals surface area contributed by atoms with Gasteiger partial charge in [0.25, 0.3) is 0 Å². The molecular formula is C89H98Cl2N8O31. The van der Waals surface area contributed by atoms with E-state index in [9.17, 15) is 80.5 Å². The fraction of sp³-hybridized carbons (Fsp3) is 0.416. The molecule has 0 spiro atoms. The number of ether oxygens (including phenoxy) is 9. The Labute approximate surface area is 751 Å². The predicted molar refractivity (Wildman–Crippen MR) is 453 cm³/mol. The van der Waals surface area contributed by atoms with Crippen molar-refractivity contribution in [1.29, 1.82) is 0 Å². The summed E-state index contributed by atoms with van der Waals surface area (Å²) in [5.74, 6) is -19.2. The van der Waals surface area contributed by atoms with E-state index in [1.165, 1.54) is 37.4 Å². The molecule has 0 aromatic heterocycles. The molecule has 130 heavy (non-hydrogen) atoms. The summed E-state index contributed by atoms with van der Waals surface area (Å²) in [5, 5.41) is 155. The van der Waals surface area contributed by atoms with Gasteiger partial charge in [0, 0.05) is 54.3 Å². The number of likely N-dealkylation sites (N-methyl/N-ethyl adjacent to an activating group) is 1. The zero-order chi connectivity index (χ0) is 93.9. The number of carboxylic acids is 1. The molecular weight excluding hydrogens is 1750 g/mol. The molecule has 15 rings (SSSR count). The summed E-state index contributed by atoms with van der Waals surface area (Å²) in [7, 11) is 2.16. The highest BCUT2D eigenvalue weighted by atomic mass is 35.5. The Balaban J connectivity index is 1.04. The van der Waals surface area contributed by atoms with E-state index in [0.717, 1.165) is 129 Å². The van der Waals surface area contributed by atoms with Gasteiger partial charge in [-0.05, 0) is 134 Å². The Hall–Kier alpha value is -12.5. The van der Waals surface area contributed by atoms with Crippen LogP contribution in [0.25, 0.3) is 11.1 Å². The topological polar surface area (TPSA) is 584 Å². The number of nitrogens with zero attached hydrogens (tertiary/aromatic N) is 1. The minimum absolute atomic E-state index is 0.0525. The lowest BCUT2D eigenvalue weighted by molar-refractivity contribution is -0.277. The van der Waals surface area contributed by atoms with Crippen molar-refractivity contribution in [3.63, 3.8) is 0 Å². The van der Waals surface area contributed by atoms with Gasteiger partial charge in [-0.2, -0.15) is 0 Å². The second kappa shape index (κ2) is 39.8. The molecule has 19 N–H and O–H groups in total. The van der Waals surface area contributed by atoms with E-state index in [-0.39, 0.29) is 28.9 Å². The number of aliphatic hydroxyl groups excluding tert-OH is 7. The third kappa shape index (κ3) is 21.0. The van der Waals surface area contributed by atoms with Crippen molar-refractivity contribution in [2.45, 2.75) is 208 Å². The Kier molecular flexibility index (Phi) is 29.1. The van der Waals surface area contributed by atoms with E-state index in [0.29, 0.717) is 18.8 Å². The molecule has 0 aliphatic carbocycles. The molecule has 7 aromatic carbocycles. The maximum absolute atomic E-state index is 16.8. The van der Waals surface area contributed by atoms with Gasteiger partial charge >= 0.3 is 18.0 Å². The van der Waals surface area contributed by atoms with Gasteiger partial charge in [-0.25, -0.2) is 14.4 Å². The van der Waals surface area contributed by atoms with Crippen LogP contribution in [-0.2, 0) is 68.5 Å². The molecule has 18 atom stereocenters. The molecule has 41 heteroatoms. The Morgan fingerprint density at radius 1 is 0.569 bits per heavy atom. The number of aliphatic hydroxyl groups is 7. The van der Waals surface area contributed by atoms with Gasteiger partial charge in [0.1, 0.15) is 131 Å². The SMILES string of the molecule is COC(=O)[C@H]1O[C@@H](Oc2c3cc4cc2Oc2ccc(cc2Cl)[C@@H](O)[C@@H]2NC(=O)[C@H](NC(=O)[C@@H]4NC(=O)[C@H]4NC(=O)[C@@H](Cc5ccc(cc5)O3)NC(=O)[C@@H](N(C)C(=O)OC(C)(C)C)c3ccc(O)c(c3)Oc3cc(O)c(Cl)c4c3)c3ccc(O)c(c3)-c3c(O[C@H]4O[C@H](CO)[C@@H](O)[C@H](O)[C@@H]4O)cc(O)cc3[C@H](C(=O)O)NC2=O)[C@H](NC(=O)CCCCCCCCC(C)C)[C@@H](O)[C@@H]1O. The lowest BCUT2D eigenvalue weighted by atomic mass is 9.89. The van der Waals surface area contributed by atoms with Crippen molar-refractivity contribution < 1.29 is 152 Å². The Bertz CT molecular complexity index is 5500. The van der Waals surface area contributed by atoms with Crippen LogP contribution in [0.2, 0.25) is 10.0 Å². The molecule has 8 heterocycles. The number of methoxy groups -OCH3 is 1. The molecule has 39 nitrogen and oxygen atoms in total. The molecule has 694 valence electrons. The summed E-state index contributed by atoms with van der Waals surface area (Å²) < 4.78 is 55.3. The van der Waals surface area contributed by atoms with Crippen LogP contribution >= 0.6 is 23.2 Å². The molecule has 2 saturated heterocycles. The Morgan fingerprint density at radius 3 is 1.88 bits per heavy atom. The van der Waals surface area contributed by atoms with Crippen molar-refractivity contribution in [1.82, 2.24) is 42.1 Å². The molecule has 8 aliphatic rings. The fourth-order valence-electron chi connectivity index (χ4n) is 15.8. The highest BCUT2D eigenvalue weighted by molar-refractivity contribution is 6.33. The maximum atomic E-state index is 16.8. The van der Waals surface area contributed by atoms with Gasteiger partial charge in [0.15, 0.2) is 35.1 Å². The number of halogens is 2. The van der Waals surface area contributed by atoms with Crippen molar-refractivity contribution in [3.05, 3.63) is 164 Å². The Morgan fingerprint density at radius 2 is 1.20 bits per heavy atom. The predicted octanol–water partition coefficient (Wildman–Crippen LogP) is 5.92. The van der Waals surface area contributed by atoms with Gasteiger partial charge in [0.2, 0.25) is 59.7 Å². The number of fused-ring (bicyclic) bond motifs is 14. The van der Waals surface area contributed by atoms with E-state index >= 15 is 28.8 Å². The molecule has 0 saturated carbocycles. The molecule has 8 aliphatic heterocycles. The number of benzene rings is 7. The zero-order valence-electron chi connectivity index (χ0n) is 70.8. The number of unbranched alkanes of at least 4 members (excludes halogenated alkanes) is 5. The number of carbonyl (C=O) groups excluding carboxylic acids is 9. The number of carbonyl (C=O) groups is 10. The first-order valence-electron chi connectivity index (χ1n) is 41.5. The van der Waals surface area contributed by atoms with E-state index in [2.05, 4.69) is 51.1 Å². The average Bonchev–Trinajstić information content (AvgIpc) is 0.717. The van der Waals surface area contributed by atoms with Crippen LogP contribution in [0.3, 0.4) is 0 Å². The normalized spacial score (nSPS) is 25.6. The van der Waals surface area contributed by atoms with Crippen molar-refractivity contribution in [2.75, 3.05) is 20.8 Å². The van der Waals surface area contributed by atoms with Crippen molar-refractivity contribution in [3.8, 4) is 80.1 Å². The minimum atomic E-state index is -2.50. The number of rotatable bonds is 18. The van der Waals surface area contributed by atoms with Gasteiger partial charge in [-0.15, -0.1) is 0 Å². The van der Waals surface area contributed by atoms with Crippen LogP contribution in [0.1, 0.15) is 161 Å². The highest BCUT2D eigenvalue weighted by Gasteiger charge is 2.52. The number of carboxylic acid groups (broad SMARTS) is 1. The summed E-state index contributed by atoms with van der Waals surface area (Å²) in [6, 6.07) is 3.18. The number of hydrogen-bond donors (Lipinski definition) is 19. The van der Waals surface area contributed by atoms with Gasteiger partial charge in [-0.3, -0.25) is 38.5 Å². The monoisotopic (exact) mass is 1840 g/mol. The van der Waals surface area contributed by atoms with E-state index < -0.39 is 294 Å². The highest BCUT2D eigenvalue weighted by Crippen LogP contribution is 2.51. The quantitative estimate of drug-likeness (QED) is 0.0350. The third-order valence-corrected chi connectivity index (χ3v) is 23.3. The summed E-state index contributed by atoms with van der Waals surface area (Å²) in [5.41, 5.74) is -4.86. The fourth-order valence-corrected chi connectivity index (χ4v) is 16.3. The van der Waals surface area contributed by atoms with E-state index in [1.54, 1.807) is 20.8 Å². The van der Waals surface area contributed by atoms with Crippen molar-refractivity contribution in [2.24, 2.45) is 5.92 Å². The molecule has 17 bridgehead atoms. The summed E-state index contributed by atoms with van der Waals surface area (Å²) >= 11 is 14.3. The van der Waals surface area contributed by atoms with Crippen LogP contribution in [0.5, 0.6) is 69.0 Å². The molecule has 8 amide bonds. The first-order valence-corrected chi connectivity index (χ1v) is 42.3. The second-order valence-electron chi connectivity index (χ2n) is 33.5. The zero-order valence-corrected chi connectivity index (χ0v) is 72.3. The number of phenols is 4. The standard InChI is InChI=1S/C89H98Cl2N8O31/c1-37(2)14-12-10-8-9-11-13-15-60(105)93-68-72(108)74(110)77(85(120)122-7)129-86(68)128-76-57-30-42-31-58(76)125-54-25-20-41(28-49(54)90)70(106)67-82(116)97-66(84(118)119)47-32-43(101)33-56(126-87-75(111)73(109)71(107)59(36-100)127-87)61(47)46-27-39(18-23-51(46)102)63(79(113)98-67)94-80(114)64(42)95-81(115)65-48-34-45(35-53(104)62(48)91)124-55-29-40(19-24-52(55)103)69(99(6)88(121)130-89(3,4)5)83(117)92-50(78(112)96-65)26-38-16-21-44(123-57)22-17-38/h16-25,27-35,37,50,59,63-75,77,86-87,100-104,106-111H,8-15,26,36H2,1-7H3,(H,92,117)(H,93,105)(H,94,114)(H,95,115)(H,96,112)(H,97,116)(H,98,113)(H,118,119)/t50-,59-,63-,64-,65+,66-,67+,68-,69+,70-,71-,72-,73+,74+,75+,77+,86-,87+/m1/s1. The summed E-state index contributed by atoms with van der Waals surface area (Å²) in [6.45, 7) is 7.94. The van der Waals surface area contributed by atoms with Crippen LogP contribution in [0, 0.1) is 5.92 Å². The summed E-state index contributed by atoms with van der Waals surface area (Å²) in [4.78, 5) is 153. The molecule has 0 unspecified atom stereocenters.